The predicted octanol–water partition coefficient (Wildman–Crippen LogP) is 2.67. The monoisotopic (exact) mass is 380 g/mol. The number of hydrogen-bond acceptors (Lipinski definition) is 5. The van der Waals surface area contributed by atoms with Crippen LogP contribution in [0.15, 0.2) is 70.6 Å². The normalized spacial score (nSPS) is 11.7. The van der Waals surface area contributed by atoms with E-state index < -0.39 is 5.25 Å². The number of aromatic nitrogens is 3. The fourth-order valence-corrected chi connectivity index (χ4v) is 3.26. The van der Waals surface area contributed by atoms with Crippen LogP contribution < -0.4 is 10.9 Å². The first-order valence-electron chi connectivity index (χ1n) is 8.64. The maximum absolute atomic E-state index is 12.2. The molecule has 1 amide bonds. The van der Waals surface area contributed by atoms with Crippen molar-refractivity contribution in [3.63, 3.8) is 0 Å². The Kier molecular flexibility index (Phi) is 6.38. The Bertz CT molecular complexity index is 945. The molecule has 0 spiro atoms. The number of amides is 1. The van der Waals surface area contributed by atoms with Crippen molar-refractivity contribution < 1.29 is 4.79 Å². The van der Waals surface area contributed by atoms with Crippen molar-refractivity contribution in [1.29, 1.82) is 0 Å². The molecule has 6 nitrogen and oxygen atoms in total. The number of hydrogen-bond donors (Lipinski definition) is 2. The second-order valence-electron chi connectivity index (χ2n) is 5.96. The van der Waals surface area contributed by atoms with Crippen molar-refractivity contribution in [1.82, 2.24) is 20.5 Å². The van der Waals surface area contributed by atoms with E-state index in [9.17, 15) is 9.59 Å². The quantitative estimate of drug-likeness (QED) is 0.615. The third-order valence-electron chi connectivity index (χ3n) is 3.94. The summed E-state index contributed by atoms with van der Waals surface area (Å²) in [6, 6.07) is 19.1. The first kappa shape index (κ1) is 18.8. The van der Waals surface area contributed by atoms with Crippen LogP contribution in [0.25, 0.3) is 11.3 Å². The Morgan fingerprint density at radius 3 is 2.41 bits per heavy atom. The van der Waals surface area contributed by atoms with Gasteiger partial charge in [-0.25, -0.2) is 0 Å². The van der Waals surface area contributed by atoms with Gasteiger partial charge in [-0.15, -0.1) is 10.2 Å². The van der Waals surface area contributed by atoms with Crippen LogP contribution in [0.1, 0.15) is 12.5 Å². The number of carbonyl (C=O) groups is 1. The summed E-state index contributed by atoms with van der Waals surface area (Å²) >= 11 is 1.17. The molecule has 1 unspecified atom stereocenters. The molecule has 0 aliphatic carbocycles. The number of nitrogens with zero attached hydrogens (tertiary/aromatic N) is 2. The minimum Gasteiger partial charge on any atom is -0.355 e. The molecule has 0 fully saturated rings. The number of nitrogens with one attached hydrogen (secondary N) is 2. The van der Waals surface area contributed by atoms with Crippen molar-refractivity contribution in [3.8, 4) is 11.3 Å². The third kappa shape index (κ3) is 5.27. The topological polar surface area (TPSA) is 87.7 Å². The van der Waals surface area contributed by atoms with E-state index in [0.717, 1.165) is 6.42 Å². The molecule has 3 rings (SSSR count). The maximum Gasteiger partial charge on any atom is 0.278 e. The van der Waals surface area contributed by atoms with E-state index in [1.807, 2.05) is 48.5 Å². The Morgan fingerprint density at radius 1 is 1.07 bits per heavy atom. The van der Waals surface area contributed by atoms with Gasteiger partial charge in [0.15, 0.2) is 10.9 Å². The molecule has 0 bridgehead atoms. The average molecular weight is 380 g/mol. The Hall–Kier alpha value is -2.93. The number of benzene rings is 2. The van der Waals surface area contributed by atoms with Gasteiger partial charge in [-0.3, -0.25) is 14.6 Å². The highest BCUT2D eigenvalue weighted by Crippen LogP contribution is 2.18. The molecule has 138 valence electrons. The minimum absolute atomic E-state index is 0.106. The van der Waals surface area contributed by atoms with Gasteiger partial charge in [0.25, 0.3) is 5.56 Å². The van der Waals surface area contributed by atoms with Gasteiger partial charge >= 0.3 is 0 Å². The lowest BCUT2D eigenvalue weighted by atomic mass is 10.1. The van der Waals surface area contributed by atoms with Gasteiger partial charge in [-0.1, -0.05) is 72.4 Å². The predicted molar refractivity (Wildman–Crippen MR) is 107 cm³/mol. The van der Waals surface area contributed by atoms with E-state index in [-0.39, 0.29) is 17.2 Å². The van der Waals surface area contributed by atoms with Crippen molar-refractivity contribution in [2.24, 2.45) is 0 Å². The van der Waals surface area contributed by atoms with Gasteiger partial charge in [-0.2, -0.15) is 0 Å². The molecule has 2 aromatic carbocycles. The highest BCUT2D eigenvalue weighted by atomic mass is 32.2. The number of thioether (sulfide) groups is 1. The zero-order chi connectivity index (χ0) is 19.1. The van der Waals surface area contributed by atoms with Gasteiger partial charge in [-0.05, 0) is 18.9 Å². The highest BCUT2D eigenvalue weighted by Gasteiger charge is 2.16. The van der Waals surface area contributed by atoms with E-state index in [1.54, 1.807) is 19.1 Å². The number of carbonyl (C=O) groups excluding carboxylic acids is 1. The molecular weight excluding hydrogens is 360 g/mol. The van der Waals surface area contributed by atoms with Gasteiger partial charge < -0.3 is 5.32 Å². The summed E-state index contributed by atoms with van der Waals surface area (Å²) in [6.07, 6.45) is 0.770. The molecule has 1 aromatic heterocycles. The molecule has 0 aliphatic heterocycles. The smallest absolute Gasteiger partial charge is 0.278 e. The Balaban J connectivity index is 1.55. The van der Waals surface area contributed by atoms with Crippen LogP contribution in [-0.2, 0) is 11.2 Å². The second-order valence-corrected chi connectivity index (χ2v) is 7.29. The van der Waals surface area contributed by atoms with Crippen LogP contribution in [0, 0.1) is 0 Å². The molecule has 27 heavy (non-hydrogen) atoms. The van der Waals surface area contributed by atoms with Gasteiger partial charge in [0.05, 0.1) is 5.25 Å². The van der Waals surface area contributed by atoms with Crippen LogP contribution in [0.4, 0.5) is 0 Å². The van der Waals surface area contributed by atoms with E-state index >= 15 is 0 Å². The maximum atomic E-state index is 12.2. The summed E-state index contributed by atoms with van der Waals surface area (Å²) < 4.78 is 0. The average Bonchev–Trinajstić information content (AvgIpc) is 2.69. The van der Waals surface area contributed by atoms with E-state index in [2.05, 4.69) is 20.5 Å². The second kappa shape index (κ2) is 9.14. The van der Waals surface area contributed by atoms with Crippen molar-refractivity contribution >= 4 is 17.7 Å². The fourth-order valence-electron chi connectivity index (χ4n) is 2.50. The fraction of sp³-hybridized carbons (Fsp3) is 0.200. The van der Waals surface area contributed by atoms with Crippen LogP contribution in [0.3, 0.4) is 0 Å². The lowest BCUT2D eigenvalue weighted by molar-refractivity contribution is -0.120. The SMILES string of the molecule is CC(Sc1nnc(-c2ccccc2)c(=O)[nH]1)C(=O)NCCc1ccccc1. The molecule has 7 heteroatoms. The standard InChI is InChI=1S/C20H20N4O2S/c1-14(18(25)21-13-12-15-8-4-2-5-9-15)27-20-22-19(26)17(23-24-20)16-10-6-3-7-11-16/h2-11,14H,12-13H2,1H3,(H,21,25)(H,22,24,26). The Labute approximate surface area is 161 Å². The molecule has 0 saturated heterocycles. The Morgan fingerprint density at radius 2 is 1.74 bits per heavy atom. The van der Waals surface area contributed by atoms with Crippen LogP contribution in [-0.4, -0.2) is 32.9 Å². The van der Waals surface area contributed by atoms with E-state index in [4.69, 9.17) is 0 Å². The largest absolute Gasteiger partial charge is 0.355 e. The van der Waals surface area contributed by atoms with E-state index in [1.165, 1.54) is 17.3 Å². The van der Waals surface area contributed by atoms with Gasteiger partial charge in [0.2, 0.25) is 5.91 Å². The molecule has 0 radical (unpaired) electrons. The zero-order valence-electron chi connectivity index (χ0n) is 14.9. The van der Waals surface area contributed by atoms with Crippen molar-refractivity contribution in [3.05, 3.63) is 76.6 Å². The lowest BCUT2D eigenvalue weighted by Gasteiger charge is -2.11. The van der Waals surface area contributed by atoms with Crippen LogP contribution in [0.2, 0.25) is 0 Å². The number of rotatable bonds is 7. The summed E-state index contributed by atoms with van der Waals surface area (Å²) in [4.78, 5) is 27.2. The molecule has 1 heterocycles. The summed E-state index contributed by atoms with van der Waals surface area (Å²) in [5.41, 5.74) is 1.81. The summed E-state index contributed by atoms with van der Waals surface area (Å²) in [5, 5.41) is 10.9. The highest BCUT2D eigenvalue weighted by molar-refractivity contribution is 8.00. The van der Waals surface area contributed by atoms with Crippen molar-refractivity contribution in [2.45, 2.75) is 23.8 Å². The van der Waals surface area contributed by atoms with Gasteiger partial charge in [0, 0.05) is 12.1 Å². The van der Waals surface area contributed by atoms with Crippen LogP contribution >= 0.6 is 11.8 Å². The number of aromatic amines is 1. The molecule has 0 saturated carbocycles. The van der Waals surface area contributed by atoms with Crippen LogP contribution in [0.5, 0.6) is 0 Å². The lowest BCUT2D eigenvalue weighted by Crippen LogP contribution is -2.32. The zero-order valence-corrected chi connectivity index (χ0v) is 15.7. The number of H-pyrrole nitrogens is 1. The summed E-state index contributed by atoms with van der Waals surface area (Å²) in [7, 11) is 0. The summed E-state index contributed by atoms with van der Waals surface area (Å²) in [6.45, 7) is 2.33. The first-order valence-corrected chi connectivity index (χ1v) is 9.52. The summed E-state index contributed by atoms with van der Waals surface area (Å²) in [5.74, 6) is -0.106. The first-order chi connectivity index (χ1) is 13.1. The minimum atomic E-state index is -0.395. The third-order valence-corrected chi connectivity index (χ3v) is 4.91. The van der Waals surface area contributed by atoms with Crippen molar-refractivity contribution in [2.75, 3.05) is 6.54 Å². The molecule has 1 atom stereocenters. The molecule has 3 aromatic rings. The van der Waals surface area contributed by atoms with Gasteiger partial charge in [0.1, 0.15) is 0 Å². The molecule has 0 aliphatic rings. The molecule has 2 N–H and O–H groups in total. The van der Waals surface area contributed by atoms with E-state index in [0.29, 0.717) is 17.3 Å². The molecular formula is C20H20N4O2S.